The second-order valence-corrected chi connectivity index (χ2v) is 7.76. The van der Waals surface area contributed by atoms with Crippen LogP contribution in [0.15, 0.2) is 47.8 Å². The number of amides is 1. The summed E-state index contributed by atoms with van der Waals surface area (Å²) in [5.74, 6) is -0.186. The van der Waals surface area contributed by atoms with Crippen molar-refractivity contribution in [2.45, 2.75) is 17.9 Å². The van der Waals surface area contributed by atoms with E-state index in [1.54, 1.807) is 24.4 Å². The number of ether oxygens (including phenoxy) is 1. The van der Waals surface area contributed by atoms with Crippen molar-refractivity contribution in [2.75, 3.05) is 19.8 Å². The van der Waals surface area contributed by atoms with Gasteiger partial charge in [0, 0.05) is 24.9 Å². The topological polar surface area (TPSA) is 110 Å². The number of rotatable bonds is 7. The Morgan fingerprint density at radius 1 is 1.31 bits per heavy atom. The van der Waals surface area contributed by atoms with Gasteiger partial charge in [0.2, 0.25) is 10.0 Å². The minimum Gasteiger partial charge on any atom is -0.381 e. The molecule has 1 amide bonds. The molecule has 2 heterocycles. The van der Waals surface area contributed by atoms with Crippen molar-refractivity contribution in [3.8, 4) is 0 Å². The lowest BCUT2D eigenvalue weighted by atomic mass is 10.1. The van der Waals surface area contributed by atoms with Gasteiger partial charge in [0.15, 0.2) is 0 Å². The van der Waals surface area contributed by atoms with E-state index in [0.717, 1.165) is 6.42 Å². The van der Waals surface area contributed by atoms with E-state index in [2.05, 4.69) is 20.0 Å². The molecule has 0 spiro atoms. The molecule has 3 rings (SSSR count). The number of nitrogens with zero attached hydrogens (tertiary/aromatic N) is 2. The highest BCUT2D eigenvalue weighted by Gasteiger charge is 2.21. The van der Waals surface area contributed by atoms with Crippen LogP contribution in [0, 0.1) is 5.92 Å². The molecule has 9 heteroatoms. The summed E-state index contributed by atoms with van der Waals surface area (Å²) in [4.78, 5) is 20.2. The molecule has 1 aromatic heterocycles. The lowest BCUT2D eigenvalue weighted by Crippen LogP contribution is -2.30. The molecule has 1 unspecified atom stereocenters. The second-order valence-electron chi connectivity index (χ2n) is 5.99. The van der Waals surface area contributed by atoms with Crippen LogP contribution < -0.4 is 10.0 Å². The van der Waals surface area contributed by atoms with E-state index < -0.39 is 10.0 Å². The summed E-state index contributed by atoms with van der Waals surface area (Å²) < 4.78 is 32.7. The van der Waals surface area contributed by atoms with E-state index in [1.165, 1.54) is 18.5 Å². The van der Waals surface area contributed by atoms with Crippen LogP contribution in [0.2, 0.25) is 0 Å². The number of carbonyl (C=O) groups excluding carboxylic acids is 1. The van der Waals surface area contributed by atoms with Crippen LogP contribution in [0.5, 0.6) is 0 Å². The lowest BCUT2D eigenvalue weighted by Gasteiger charge is -2.11. The van der Waals surface area contributed by atoms with Crippen molar-refractivity contribution in [3.63, 3.8) is 0 Å². The van der Waals surface area contributed by atoms with Gasteiger partial charge in [0.25, 0.3) is 5.91 Å². The number of benzene rings is 1. The molecule has 138 valence electrons. The van der Waals surface area contributed by atoms with Crippen LogP contribution in [0.3, 0.4) is 0 Å². The first-order valence-electron chi connectivity index (χ1n) is 8.25. The normalized spacial score (nSPS) is 17.2. The molecule has 0 bridgehead atoms. The first-order valence-corrected chi connectivity index (χ1v) is 9.73. The molecule has 1 atom stereocenters. The Labute approximate surface area is 152 Å². The van der Waals surface area contributed by atoms with Crippen LogP contribution in [0.1, 0.15) is 22.5 Å². The van der Waals surface area contributed by atoms with Gasteiger partial charge in [-0.2, -0.15) is 0 Å². The smallest absolute Gasteiger partial charge is 0.251 e. The minimum atomic E-state index is -3.68. The Balaban J connectivity index is 1.63. The molecular formula is C17H20N4O4S. The molecule has 0 saturated carbocycles. The molecular weight excluding hydrogens is 356 g/mol. The Kier molecular flexibility index (Phi) is 5.92. The summed E-state index contributed by atoms with van der Waals surface area (Å²) in [6, 6.07) is 7.64. The summed E-state index contributed by atoms with van der Waals surface area (Å²) in [5.41, 5.74) is 0.934. The first-order chi connectivity index (χ1) is 12.5. The summed E-state index contributed by atoms with van der Waals surface area (Å²) in [6.45, 7) is 1.78. The molecule has 0 radical (unpaired) electrons. The predicted octanol–water partition coefficient (Wildman–Crippen LogP) is 0.721. The summed E-state index contributed by atoms with van der Waals surface area (Å²) >= 11 is 0. The molecule has 2 aromatic rings. The molecule has 26 heavy (non-hydrogen) atoms. The average molecular weight is 376 g/mol. The van der Waals surface area contributed by atoms with Crippen LogP contribution in [-0.4, -0.2) is 44.1 Å². The molecule has 1 aromatic carbocycles. The van der Waals surface area contributed by atoms with Crippen molar-refractivity contribution in [1.82, 2.24) is 20.0 Å². The van der Waals surface area contributed by atoms with Gasteiger partial charge < -0.3 is 10.1 Å². The van der Waals surface area contributed by atoms with Crippen molar-refractivity contribution in [3.05, 3.63) is 54.1 Å². The zero-order valence-electron chi connectivity index (χ0n) is 14.1. The Morgan fingerprint density at radius 2 is 2.19 bits per heavy atom. The second kappa shape index (κ2) is 8.35. The largest absolute Gasteiger partial charge is 0.381 e. The predicted molar refractivity (Wildman–Crippen MR) is 93.8 cm³/mol. The standard InChI is InChI=1S/C17H20N4O4S/c22-17(19-10-15-4-6-18-12-20-15)14-2-1-3-16(8-14)26(23,24)21-9-13-5-7-25-11-13/h1-4,6,8,12-13,21H,5,7,9-11H2,(H,19,22). The number of hydrogen-bond acceptors (Lipinski definition) is 6. The Morgan fingerprint density at radius 3 is 2.92 bits per heavy atom. The van der Waals surface area contributed by atoms with Gasteiger partial charge in [-0.1, -0.05) is 6.07 Å². The maximum absolute atomic E-state index is 12.4. The van der Waals surface area contributed by atoms with Gasteiger partial charge in [-0.15, -0.1) is 0 Å². The lowest BCUT2D eigenvalue weighted by molar-refractivity contribution is 0.0950. The van der Waals surface area contributed by atoms with Gasteiger partial charge >= 0.3 is 0 Å². The Bertz CT molecular complexity index is 852. The number of sulfonamides is 1. The summed E-state index contributed by atoms with van der Waals surface area (Å²) in [6.07, 6.45) is 3.83. The van der Waals surface area contributed by atoms with Crippen molar-refractivity contribution in [2.24, 2.45) is 5.92 Å². The van der Waals surface area contributed by atoms with Crippen LogP contribution >= 0.6 is 0 Å². The van der Waals surface area contributed by atoms with Crippen molar-refractivity contribution < 1.29 is 17.9 Å². The minimum absolute atomic E-state index is 0.0612. The maximum Gasteiger partial charge on any atom is 0.251 e. The zero-order chi connectivity index (χ0) is 18.4. The fraction of sp³-hybridized carbons (Fsp3) is 0.353. The number of carbonyl (C=O) groups is 1. The van der Waals surface area contributed by atoms with Gasteiger partial charge in [0.05, 0.1) is 23.7 Å². The number of hydrogen-bond donors (Lipinski definition) is 2. The molecule has 0 aliphatic carbocycles. The number of nitrogens with one attached hydrogen (secondary N) is 2. The van der Waals surface area contributed by atoms with E-state index in [9.17, 15) is 13.2 Å². The molecule has 8 nitrogen and oxygen atoms in total. The highest BCUT2D eigenvalue weighted by atomic mass is 32.2. The van der Waals surface area contributed by atoms with Gasteiger partial charge in [-0.3, -0.25) is 4.79 Å². The Hall–Kier alpha value is -2.36. The highest BCUT2D eigenvalue weighted by Crippen LogP contribution is 2.15. The van der Waals surface area contributed by atoms with Gasteiger partial charge in [-0.25, -0.2) is 23.1 Å². The third-order valence-corrected chi connectivity index (χ3v) is 5.49. The van der Waals surface area contributed by atoms with E-state index >= 15 is 0 Å². The average Bonchev–Trinajstić information content (AvgIpc) is 3.19. The molecule has 1 saturated heterocycles. The third-order valence-electron chi connectivity index (χ3n) is 4.07. The van der Waals surface area contributed by atoms with Crippen LogP contribution in [-0.2, 0) is 21.3 Å². The maximum atomic E-state index is 12.4. The highest BCUT2D eigenvalue weighted by molar-refractivity contribution is 7.89. The molecule has 1 aliphatic rings. The van der Waals surface area contributed by atoms with Crippen LogP contribution in [0.25, 0.3) is 0 Å². The van der Waals surface area contributed by atoms with E-state index in [-0.39, 0.29) is 28.8 Å². The van der Waals surface area contributed by atoms with Crippen molar-refractivity contribution >= 4 is 15.9 Å². The molecule has 1 fully saturated rings. The first kappa shape index (κ1) is 18.4. The van der Waals surface area contributed by atoms with E-state index in [0.29, 0.717) is 25.5 Å². The summed E-state index contributed by atoms with van der Waals surface area (Å²) in [7, 11) is -3.68. The fourth-order valence-corrected chi connectivity index (χ4v) is 3.72. The van der Waals surface area contributed by atoms with E-state index in [1.807, 2.05) is 0 Å². The zero-order valence-corrected chi connectivity index (χ0v) is 14.9. The monoisotopic (exact) mass is 376 g/mol. The molecule has 1 aliphatic heterocycles. The van der Waals surface area contributed by atoms with E-state index in [4.69, 9.17) is 4.74 Å². The van der Waals surface area contributed by atoms with Crippen molar-refractivity contribution in [1.29, 1.82) is 0 Å². The SMILES string of the molecule is O=C(NCc1ccncn1)c1cccc(S(=O)(=O)NCC2CCOC2)c1. The van der Waals surface area contributed by atoms with Gasteiger partial charge in [0.1, 0.15) is 6.33 Å². The summed E-state index contributed by atoms with van der Waals surface area (Å²) in [5, 5.41) is 2.71. The fourth-order valence-electron chi connectivity index (χ4n) is 2.56. The molecule has 2 N–H and O–H groups in total. The van der Waals surface area contributed by atoms with Crippen LogP contribution in [0.4, 0.5) is 0 Å². The number of aromatic nitrogens is 2. The quantitative estimate of drug-likeness (QED) is 0.737. The third kappa shape index (κ3) is 4.84. The van der Waals surface area contributed by atoms with Gasteiger partial charge in [-0.05, 0) is 36.6 Å².